The van der Waals surface area contributed by atoms with Gasteiger partial charge in [-0.25, -0.2) is 4.99 Å². The maximum Gasteiger partial charge on any atom is 0.191 e. The van der Waals surface area contributed by atoms with E-state index >= 15 is 0 Å². The zero-order valence-electron chi connectivity index (χ0n) is 12.5. The first-order chi connectivity index (χ1) is 9.88. The minimum Gasteiger partial charge on any atom is -0.379 e. The van der Waals surface area contributed by atoms with Crippen LogP contribution in [0.15, 0.2) is 22.5 Å². The van der Waals surface area contributed by atoms with E-state index < -0.39 is 0 Å². The van der Waals surface area contributed by atoms with Gasteiger partial charge in [-0.05, 0) is 18.4 Å². The summed E-state index contributed by atoms with van der Waals surface area (Å²) in [6, 6.07) is 4.18. The Bertz CT molecular complexity index is 394. The van der Waals surface area contributed by atoms with Crippen molar-refractivity contribution in [1.82, 2.24) is 15.5 Å². The molecule has 0 unspecified atom stereocenters. The molecule has 0 spiro atoms. The first-order valence-electron chi connectivity index (χ1n) is 7.23. The number of rotatable bonds is 6. The molecule has 2 rings (SSSR count). The molecule has 0 bridgehead atoms. The fourth-order valence-corrected chi connectivity index (χ4v) is 2.69. The molecule has 1 fully saturated rings. The quantitative estimate of drug-likeness (QED) is 0.415. The summed E-state index contributed by atoms with van der Waals surface area (Å²) in [7, 11) is 0. The van der Waals surface area contributed by atoms with E-state index in [4.69, 9.17) is 4.74 Å². The Balaban J connectivity index is 0.00000220. The Morgan fingerprint density at radius 2 is 2.19 bits per heavy atom. The fraction of sp³-hybridized carbons (Fsp3) is 0.643. The van der Waals surface area contributed by atoms with Gasteiger partial charge in [0.05, 0.1) is 19.8 Å². The lowest BCUT2D eigenvalue weighted by molar-refractivity contribution is 0.0389. The van der Waals surface area contributed by atoms with Crippen LogP contribution in [0.3, 0.4) is 0 Å². The molecule has 2 N–H and O–H groups in total. The highest BCUT2D eigenvalue weighted by molar-refractivity contribution is 14.0. The standard InChI is InChI=1S/C14H24N4OS.HI/c1-2-15-14(17-12-13-4-3-11-20-13)16-5-6-18-7-9-19-10-8-18;/h3-4,11H,2,5-10,12H2,1H3,(H2,15,16,17);1H. The number of guanidine groups is 1. The maximum atomic E-state index is 5.35. The van der Waals surface area contributed by atoms with E-state index in [1.165, 1.54) is 4.88 Å². The smallest absolute Gasteiger partial charge is 0.191 e. The second-order valence-corrected chi connectivity index (χ2v) is 5.69. The molecule has 1 saturated heterocycles. The molecule has 1 aromatic rings. The fourth-order valence-electron chi connectivity index (χ4n) is 2.06. The number of nitrogens with zero attached hydrogens (tertiary/aromatic N) is 2. The van der Waals surface area contributed by atoms with Gasteiger partial charge in [0.1, 0.15) is 0 Å². The zero-order chi connectivity index (χ0) is 14.0. The molecule has 21 heavy (non-hydrogen) atoms. The monoisotopic (exact) mass is 424 g/mol. The summed E-state index contributed by atoms with van der Waals surface area (Å²) >= 11 is 1.74. The van der Waals surface area contributed by atoms with E-state index in [0.717, 1.165) is 58.4 Å². The number of hydrogen-bond acceptors (Lipinski definition) is 4. The van der Waals surface area contributed by atoms with Crippen molar-refractivity contribution in [1.29, 1.82) is 0 Å². The largest absolute Gasteiger partial charge is 0.379 e. The molecule has 7 heteroatoms. The summed E-state index contributed by atoms with van der Waals surface area (Å²) in [5.41, 5.74) is 0. The van der Waals surface area contributed by atoms with Crippen molar-refractivity contribution >= 4 is 41.3 Å². The van der Waals surface area contributed by atoms with Crippen LogP contribution in [0.1, 0.15) is 11.8 Å². The Morgan fingerprint density at radius 1 is 1.38 bits per heavy atom. The normalized spacial score (nSPS) is 16.3. The molecule has 0 aliphatic carbocycles. The lowest BCUT2D eigenvalue weighted by atomic mass is 10.4. The van der Waals surface area contributed by atoms with E-state index in [9.17, 15) is 0 Å². The second-order valence-electron chi connectivity index (χ2n) is 4.66. The molecule has 2 heterocycles. The summed E-state index contributed by atoms with van der Waals surface area (Å²) in [6.07, 6.45) is 0. The number of nitrogens with one attached hydrogen (secondary N) is 2. The number of morpholine rings is 1. The van der Waals surface area contributed by atoms with Crippen LogP contribution in [0, 0.1) is 0 Å². The van der Waals surface area contributed by atoms with Crippen LogP contribution >= 0.6 is 35.3 Å². The number of thiophene rings is 1. The highest BCUT2D eigenvalue weighted by Gasteiger charge is 2.09. The topological polar surface area (TPSA) is 48.9 Å². The van der Waals surface area contributed by atoms with Crippen molar-refractivity contribution in [2.45, 2.75) is 13.5 Å². The molecule has 0 radical (unpaired) electrons. The van der Waals surface area contributed by atoms with E-state index in [1.54, 1.807) is 11.3 Å². The first-order valence-corrected chi connectivity index (χ1v) is 8.11. The van der Waals surface area contributed by atoms with Crippen molar-refractivity contribution in [3.8, 4) is 0 Å². The van der Waals surface area contributed by atoms with Gasteiger partial charge in [0.15, 0.2) is 5.96 Å². The molecule has 5 nitrogen and oxygen atoms in total. The molecule has 0 aromatic carbocycles. The molecule has 1 aliphatic heterocycles. The highest BCUT2D eigenvalue weighted by Crippen LogP contribution is 2.09. The Labute approximate surface area is 148 Å². The lowest BCUT2D eigenvalue weighted by Crippen LogP contribution is -2.44. The van der Waals surface area contributed by atoms with Crippen LogP contribution in [0.5, 0.6) is 0 Å². The molecule has 1 aliphatic rings. The molecule has 0 atom stereocenters. The van der Waals surface area contributed by atoms with Crippen molar-refractivity contribution in [3.05, 3.63) is 22.4 Å². The Kier molecular flexibility index (Phi) is 9.98. The molecule has 0 amide bonds. The molecule has 1 aromatic heterocycles. The Morgan fingerprint density at radius 3 is 2.86 bits per heavy atom. The lowest BCUT2D eigenvalue weighted by Gasteiger charge is -2.26. The molecule has 120 valence electrons. The van der Waals surface area contributed by atoms with Crippen LogP contribution < -0.4 is 10.6 Å². The van der Waals surface area contributed by atoms with Crippen molar-refractivity contribution < 1.29 is 4.74 Å². The third-order valence-corrected chi connectivity index (χ3v) is 4.00. The number of hydrogen-bond donors (Lipinski definition) is 2. The first kappa shape index (κ1) is 18.7. The summed E-state index contributed by atoms with van der Waals surface area (Å²) in [5.74, 6) is 0.897. The van der Waals surface area contributed by atoms with Crippen LogP contribution in [-0.4, -0.2) is 56.8 Å². The van der Waals surface area contributed by atoms with E-state index in [2.05, 4.69) is 45.0 Å². The van der Waals surface area contributed by atoms with E-state index in [-0.39, 0.29) is 24.0 Å². The minimum absolute atomic E-state index is 0. The van der Waals surface area contributed by atoms with Crippen molar-refractivity contribution in [2.75, 3.05) is 45.9 Å². The third kappa shape index (κ3) is 7.44. The predicted octanol–water partition coefficient (Wildman–Crippen LogP) is 1.75. The number of halogens is 1. The summed E-state index contributed by atoms with van der Waals surface area (Å²) in [4.78, 5) is 8.30. The maximum absolute atomic E-state index is 5.35. The van der Waals surface area contributed by atoms with Gasteiger partial charge in [0, 0.05) is 37.6 Å². The molecular weight excluding hydrogens is 399 g/mol. The summed E-state index contributed by atoms with van der Waals surface area (Å²) < 4.78 is 5.35. The predicted molar refractivity (Wildman–Crippen MR) is 99.8 cm³/mol. The number of ether oxygens (including phenoxy) is 1. The van der Waals surface area contributed by atoms with Gasteiger partial charge in [0.25, 0.3) is 0 Å². The molecule has 0 saturated carbocycles. The van der Waals surface area contributed by atoms with Crippen LogP contribution in [0.25, 0.3) is 0 Å². The Hall–Kier alpha value is -0.380. The van der Waals surface area contributed by atoms with Gasteiger partial charge in [-0.2, -0.15) is 0 Å². The van der Waals surface area contributed by atoms with Crippen molar-refractivity contribution in [3.63, 3.8) is 0 Å². The van der Waals surface area contributed by atoms with Crippen LogP contribution in [0.4, 0.5) is 0 Å². The van der Waals surface area contributed by atoms with Gasteiger partial charge in [-0.15, -0.1) is 35.3 Å². The van der Waals surface area contributed by atoms with Crippen LogP contribution in [0.2, 0.25) is 0 Å². The highest BCUT2D eigenvalue weighted by atomic mass is 127. The van der Waals surface area contributed by atoms with Gasteiger partial charge < -0.3 is 15.4 Å². The van der Waals surface area contributed by atoms with E-state index in [1.807, 2.05) is 0 Å². The van der Waals surface area contributed by atoms with Gasteiger partial charge in [-0.1, -0.05) is 6.07 Å². The van der Waals surface area contributed by atoms with Crippen molar-refractivity contribution in [2.24, 2.45) is 4.99 Å². The third-order valence-electron chi connectivity index (χ3n) is 3.14. The van der Waals surface area contributed by atoms with Crippen LogP contribution in [-0.2, 0) is 11.3 Å². The molecular formula is C14H25IN4OS. The summed E-state index contributed by atoms with van der Waals surface area (Å²) in [6.45, 7) is 9.43. The van der Waals surface area contributed by atoms with Gasteiger partial charge in [0.2, 0.25) is 0 Å². The average Bonchev–Trinajstić information content (AvgIpc) is 2.99. The van der Waals surface area contributed by atoms with Gasteiger partial charge >= 0.3 is 0 Å². The summed E-state index contributed by atoms with van der Waals surface area (Å²) in [5, 5.41) is 8.76. The number of aliphatic imine (C=N–C) groups is 1. The van der Waals surface area contributed by atoms with Gasteiger partial charge in [-0.3, -0.25) is 4.90 Å². The SMILES string of the molecule is CCNC(=NCc1cccs1)NCCN1CCOCC1.I. The minimum atomic E-state index is 0. The van der Waals surface area contributed by atoms with E-state index in [0.29, 0.717) is 0 Å². The zero-order valence-corrected chi connectivity index (χ0v) is 15.7. The average molecular weight is 424 g/mol. The second kappa shape index (κ2) is 11.2.